The van der Waals surface area contributed by atoms with Gasteiger partial charge in [-0.2, -0.15) is 0 Å². The molecule has 1 aromatic carbocycles. The Morgan fingerprint density at radius 2 is 2.16 bits per heavy atom. The van der Waals surface area contributed by atoms with Gasteiger partial charge in [-0.05, 0) is 44.0 Å². The van der Waals surface area contributed by atoms with E-state index >= 15 is 0 Å². The number of rotatable bonds is 5. The van der Waals surface area contributed by atoms with Crippen molar-refractivity contribution in [2.45, 2.75) is 26.8 Å². The van der Waals surface area contributed by atoms with Crippen molar-refractivity contribution in [2.75, 3.05) is 13.6 Å². The molecule has 0 atom stereocenters. The summed E-state index contributed by atoms with van der Waals surface area (Å²) in [5, 5.41) is 8.53. The molecule has 3 N–H and O–H groups in total. The van der Waals surface area contributed by atoms with Crippen LogP contribution in [0.5, 0.6) is 0 Å². The van der Waals surface area contributed by atoms with Crippen molar-refractivity contribution in [2.24, 2.45) is 4.99 Å². The Balaban J connectivity index is 1.53. The summed E-state index contributed by atoms with van der Waals surface area (Å²) in [6, 6.07) is 4.80. The zero-order chi connectivity index (χ0) is 17.8. The molecule has 0 radical (unpaired) electrons. The second kappa shape index (κ2) is 7.65. The Morgan fingerprint density at radius 3 is 2.88 bits per heavy atom. The predicted octanol–water partition coefficient (Wildman–Crippen LogP) is 3.29. The van der Waals surface area contributed by atoms with Crippen LogP contribution >= 0.6 is 11.3 Å². The first-order valence-corrected chi connectivity index (χ1v) is 9.01. The van der Waals surface area contributed by atoms with Crippen LogP contribution in [0.3, 0.4) is 0 Å². The van der Waals surface area contributed by atoms with Gasteiger partial charge < -0.3 is 15.6 Å². The van der Waals surface area contributed by atoms with Gasteiger partial charge in [-0.3, -0.25) is 4.99 Å². The minimum absolute atomic E-state index is 0.215. The van der Waals surface area contributed by atoms with Gasteiger partial charge in [0.2, 0.25) is 0 Å². The van der Waals surface area contributed by atoms with Crippen LogP contribution in [0.25, 0.3) is 10.9 Å². The second-order valence-corrected chi connectivity index (χ2v) is 7.14. The molecular weight excluding hydrogens is 337 g/mol. The molecule has 0 bridgehead atoms. The van der Waals surface area contributed by atoms with Crippen molar-refractivity contribution in [1.29, 1.82) is 0 Å². The molecule has 0 spiro atoms. The number of hydrogen-bond acceptors (Lipinski definition) is 3. The predicted molar refractivity (Wildman–Crippen MR) is 102 cm³/mol. The van der Waals surface area contributed by atoms with Crippen LogP contribution in [0.4, 0.5) is 4.39 Å². The standard InChI is InChI=1S/C18H22FN5S/c1-11-12(2)25-17(24-11)10-23-18(20-3)21-7-6-13-9-22-16-5-4-14(19)8-15(13)16/h4-5,8-9,22H,6-7,10H2,1-3H3,(H2,20,21,23). The van der Waals surface area contributed by atoms with Gasteiger partial charge in [0.15, 0.2) is 5.96 Å². The number of aryl methyl sites for hydroxylation is 2. The van der Waals surface area contributed by atoms with E-state index < -0.39 is 0 Å². The number of fused-ring (bicyclic) bond motifs is 1. The zero-order valence-electron chi connectivity index (χ0n) is 14.6. The Morgan fingerprint density at radius 1 is 1.32 bits per heavy atom. The summed E-state index contributed by atoms with van der Waals surface area (Å²) < 4.78 is 13.4. The van der Waals surface area contributed by atoms with Crippen LogP contribution in [0, 0.1) is 19.7 Å². The molecule has 5 nitrogen and oxygen atoms in total. The highest BCUT2D eigenvalue weighted by Crippen LogP contribution is 2.19. The highest BCUT2D eigenvalue weighted by molar-refractivity contribution is 7.11. The zero-order valence-corrected chi connectivity index (χ0v) is 15.4. The van der Waals surface area contributed by atoms with E-state index in [0.717, 1.165) is 39.5 Å². The van der Waals surface area contributed by atoms with Crippen LogP contribution in [-0.2, 0) is 13.0 Å². The third kappa shape index (κ3) is 4.17. The molecule has 7 heteroatoms. The first-order valence-electron chi connectivity index (χ1n) is 8.19. The molecule has 3 aromatic rings. The minimum Gasteiger partial charge on any atom is -0.361 e. The normalized spacial score (nSPS) is 11.9. The molecule has 25 heavy (non-hydrogen) atoms. The minimum atomic E-state index is -0.215. The van der Waals surface area contributed by atoms with Crippen molar-refractivity contribution in [3.63, 3.8) is 0 Å². The summed E-state index contributed by atoms with van der Waals surface area (Å²) in [5.74, 6) is 0.518. The van der Waals surface area contributed by atoms with Crippen LogP contribution < -0.4 is 10.6 Å². The van der Waals surface area contributed by atoms with Gasteiger partial charge in [0.05, 0.1) is 12.2 Å². The number of thiazole rings is 1. The summed E-state index contributed by atoms with van der Waals surface area (Å²) in [5.41, 5.74) is 3.12. The molecule has 0 aliphatic heterocycles. The van der Waals surface area contributed by atoms with E-state index in [4.69, 9.17) is 0 Å². The summed E-state index contributed by atoms with van der Waals surface area (Å²) in [4.78, 5) is 13.2. The van der Waals surface area contributed by atoms with E-state index in [1.807, 2.05) is 13.1 Å². The average Bonchev–Trinajstić information content (AvgIpc) is 3.14. The molecule has 132 valence electrons. The maximum absolute atomic E-state index is 13.4. The molecule has 0 saturated heterocycles. The van der Waals surface area contributed by atoms with E-state index in [-0.39, 0.29) is 5.82 Å². The Kier molecular flexibility index (Phi) is 5.33. The quantitative estimate of drug-likeness (QED) is 0.484. The lowest BCUT2D eigenvalue weighted by Gasteiger charge is -2.10. The molecule has 3 rings (SSSR count). The molecule has 0 amide bonds. The number of benzene rings is 1. The van der Waals surface area contributed by atoms with Crippen molar-refractivity contribution in [3.8, 4) is 0 Å². The molecule has 2 aromatic heterocycles. The maximum atomic E-state index is 13.4. The smallest absolute Gasteiger partial charge is 0.191 e. The van der Waals surface area contributed by atoms with E-state index in [1.54, 1.807) is 30.5 Å². The van der Waals surface area contributed by atoms with Crippen LogP contribution in [0.2, 0.25) is 0 Å². The van der Waals surface area contributed by atoms with Crippen LogP contribution in [-0.4, -0.2) is 29.5 Å². The third-order valence-corrected chi connectivity index (χ3v) is 5.19. The summed E-state index contributed by atoms with van der Waals surface area (Å²) >= 11 is 1.70. The van der Waals surface area contributed by atoms with Gasteiger partial charge in [0, 0.05) is 35.6 Å². The van der Waals surface area contributed by atoms with Gasteiger partial charge in [0.1, 0.15) is 10.8 Å². The fourth-order valence-corrected chi connectivity index (χ4v) is 3.54. The van der Waals surface area contributed by atoms with Gasteiger partial charge in [-0.1, -0.05) is 0 Å². The third-order valence-electron chi connectivity index (χ3n) is 4.12. The number of aromatic nitrogens is 2. The van der Waals surface area contributed by atoms with E-state index in [1.165, 1.54) is 10.9 Å². The fraction of sp³-hybridized carbons (Fsp3) is 0.333. The number of guanidine groups is 1. The molecule has 0 aliphatic rings. The average molecular weight is 359 g/mol. The largest absolute Gasteiger partial charge is 0.361 e. The second-order valence-electron chi connectivity index (χ2n) is 5.86. The maximum Gasteiger partial charge on any atom is 0.191 e. The molecule has 2 heterocycles. The Hall–Kier alpha value is -2.41. The van der Waals surface area contributed by atoms with Crippen LogP contribution in [0.15, 0.2) is 29.4 Å². The first kappa shape index (κ1) is 17.4. The van der Waals surface area contributed by atoms with Gasteiger partial charge in [-0.25, -0.2) is 9.37 Å². The lowest BCUT2D eigenvalue weighted by molar-refractivity contribution is 0.629. The summed E-state index contributed by atoms with van der Waals surface area (Å²) in [6.07, 6.45) is 2.71. The highest BCUT2D eigenvalue weighted by Gasteiger charge is 2.07. The van der Waals surface area contributed by atoms with Crippen molar-refractivity contribution in [1.82, 2.24) is 20.6 Å². The van der Waals surface area contributed by atoms with Gasteiger partial charge >= 0.3 is 0 Å². The molecular formula is C18H22FN5S. The summed E-state index contributed by atoms with van der Waals surface area (Å²) in [7, 11) is 1.74. The summed E-state index contributed by atoms with van der Waals surface area (Å²) in [6.45, 7) is 5.45. The van der Waals surface area contributed by atoms with Gasteiger partial charge in [0.25, 0.3) is 0 Å². The molecule has 0 saturated carbocycles. The number of halogens is 1. The molecule has 0 aliphatic carbocycles. The van der Waals surface area contributed by atoms with Crippen molar-refractivity contribution >= 4 is 28.2 Å². The van der Waals surface area contributed by atoms with Gasteiger partial charge in [-0.15, -0.1) is 11.3 Å². The SMILES string of the molecule is CN=C(NCCc1c[nH]c2ccc(F)cc12)NCc1nc(C)c(C)s1. The van der Waals surface area contributed by atoms with Crippen molar-refractivity contribution in [3.05, 3.63) is 51.4 Å². The number of nitrogens with zero attached hydrogens (tertiary/aromatic N) is 2. The number of hydrogen-bond donors (Lipinski definition) is 3. The Labute approximate surface area is 150 Å². The topological polar surface area (TPSA) is 65.1 Å². The number of aromatic amines is 1. The highest BCUT2D eigenvalue weighted by atomic mass is 32.1. The first-order chi connectivity index (χ1) is 12.1. The number of nitrogens with one attached hydrogen (secondary N) is 3. The fourth-order valence-electron chi connectivity index (χ4n) is 2.67. The monoisotopic (exact) mass is 359 g/mol. The number of H-pyrrole nitrogens is 1. The lowest BCUT2D eigenvalue weighted by Crippen LogP contribution is -2.37. The van der Waals surface area contributed by atoms with E-state index in [0.29, 0.717) is 13.1 Å². The number of aliphatic imine (C=N–C) groups is 1. The molecule has 0 unspecified atom stereocenters. The Bertz CT molecular complexity index is 877. The van der Waals surface area contributed by atoms with Crippen LogP contribution in [0.1, 0.15) is 21.1 Å². The van der Waals surface area contributed by atoms with E-state index in [2.05, 4.69) is 32.5 Å². The molecule has 0 fully saturated rings. The van der Waals surface area contributed by atoms with Crippen molar-refractivity contribution < 1.29 is 4.39 Å². The van der Waals surface area contributed by atoms with E-state index in [9.17, 15) is 4.39 Å². The lowest BCUT2D eigenvalue weighted by atomic mass is 10.1.